The molecule has 107 heavy (non-hydrogen) atoms. The van der Waals surface area contributed by atoms with Crippen molar-refractivity contribution in [3.05, 3.63) is 247 Å². The Balaban J connectivity index is 0.683. The summed E-state index contributed by atoms with van der Waals surface area (Å²) in [5, 5.41) is 12.6. The molecule has 6 heterocycles. The third kappa shape index (κ3) is 13.9. The number of hydrogen-bond acceptors (Lipinski definition) is 10. The van der Waals surface area contributed by atoms with Crippen molar-refractivity contribution >= 4 is 58.3 Å². The number of fused-ring (bicyclic) bond motifs is 3. The fourth-order valence-corrected chi connectivity index (χ4v) is 18.1. The van der Waals surface area contributed by atoms with Crippen molar-refractivity contribution in [3.63, 3.8) is 0 Å². The number of hydrogen-bond donors (Lipinski definition) is 6. The zero-order chi connectivity index (χ0) is 75.5. The zero-order valence-corrected chi connectivity index (χ0v) is 65.3. The van der Waals surface area contributed by atoms with Gasteiger partial charge in [0.15, 0.2) is 0 Å². The molecule has 3 amide bonds. The molecule has 0 bridgehead atoms. The van der Waals surface area contributed by atoms with Crippen LogP contribution < -0.4 is 16.0 Å². The van der Waals surface area contributed by atoms with Crippen molar-refractivity contribution in [3.8, 4) is 33.4 Å². The number of aryl methyl sites for hydroxylation is 9. The summed E-state index contributed by atoms with van der Waals surface area (Å²) in [6.07, 6.45) is 10.1. The Morgan fingerprint density at radius 3 is 0.907 bits per heavy atom. The highest BCUT2D eigenvalue weighted by molar-refractivity contribution is 7.48. The lowest BCUT2D eigenvalue weighted by Crippen LogP contribution is -2.34. The second-order valence-electron chi connectivity index (χ2n) is 33.1. The number of aromatic amines is 3. The van der Waals surface area contributed by atoms with E-state index in [1.807, 2.05) is 94.0 Å². The summed E-state index contributed by atoms with van der Waals surface area (Å²) < 4.78 is 55.0. The normalized spacial score (nSPS) is 15.4. The maximum atomic E-state index is 16.1. The average Bonchev–Trinajstić information content (AvgIpc) is 1.60. The minimum atomic E-state index is -4.51. The van der Waals surface area contributed by atoms with Gasteiger partial charge in [-0.1, -0.05) is 131 Å². The van der Waals surface area contributed by atoms with Crippen LogP contribution in [0.5, 0.6) is 0 Å². The van der Waals surface area contributed by atoms with Crippen LogP contribution in [-0.4, -0.2) is 52.5 Å². The molecule has 17 heteroatoms. The molecular weight excluding hydrogens is 1360 g/mol. The summed E-state index contributed by atoms with van der Waals surface area (Å²) in [5.41, 5.74) is 16.7. The van der Waals surface area contributed by atoms with Crippen LogP contribution >= 0.6 is 7.82 Å². The maximum Gasteiger partial charge on any atom is 0.474 e. The molecule has 0 radical (unpaired) electrons. The molecule has 0 aliphatic heterocycles. The quantitative estimate of drug-likeness (QED) is 0.0268. The van der Waals surface area contributed by atoms with Crippen LogP contribution in [0.2, 0.25) is 0 Å². The zero-order valence-electron chi connectivity index (χ0n) is 64.4. The third-order valence-electron chi connectivity index (χ3n) is 23.2. The number of furan rings is 3. The number of carbonyl (C=O) groups excluding carboxylic acids is 3. The standard InChI is InChI=1S/C90H99N6O10P/c1-52-16-22-64(55(4)34-52)67-37-58(7)104-79(67)46-94-82(97)88(28-29-88)61-19-25-76-70(40-61)73(43-91-76)85(10,11)49-101-107(100,102-50-86(12,13)74-44-92-77-26-20-62(41-71(74)77)89(30-31-89)83(98)95-47-80-68(38-59(8)105-80)65-23-17-53(2)35-56(65)5)103-51-87(14,15)75-45-93-78-27-21-63(42-72(75)78)90(32-33-90)84(99)96-48-81-69(39-60(9)106-81)66-24-18-54(3)36-57(66)6/h16-27,34-45,91-93H,28-33,46-51H2,1-15H3,(H,94,97)(H,95,98)(H,96,99). The lowest BCUT2D eigenvalue weighted by Gasteiger charge is -2.32. The molecule has 0 saturated heterocycles. The number of aromatic nitrogens is 3. The summed E-state index contributed by atoms with van der Waals surface area (Å²) in [6.45, 7) is 31.2. The highest BCUT2D eigenvalue weighted by Crippen LogP contribution is 2.56. The first-order valence-electron chi connectivity index (χ1n) is 37.6. The highest BCUT2D eigenvalue weighted by atomic mass is 31.2. The lowest BCUT2D eigenvalue weighted by molar-refractivity contribution is -0.124. The van der Waals surface area contributed by atoms with E-state index in [4.69, 9.17) is 26.8 Å². The topological polar surface area (TPSA) is 219 Å². The minimum absolute atomic E-state index is 0.0526. The van der Waals surface area contributed by atoms with E-state index >= 15 is 4.57 Å². The summed E-state index contributed by atoms with van der Waals surface area (Å²) in [4.78, 5) is 54.0. The highest BCUT2D eigenvalue weighted by Gasteiger charge is 2.54. The second kappa shape index (κ2) is 27.2. The first kappa shape index (κ1) is 72.8. The number of carbonyl (C=O) groups is 3. The van der Waals surface area contributed by atoms with Gasteiger partial charge in [-0.25, -0.2) is 4.57 Å². The molecule has 0 atom stereocenters. The molecule has 554 valence electrons. The van der Waals surface area contributed by atoms with Gasteiger partial charge in [0.25, 0.3) is 0 Å². The minimum Gasteiger partial charge on any atom is -0.464 e. The van der Waals surface area contributed by atoms with Gasteiger partial charge in [0.05, 0.1) is 55.7 Å². The van der Waals surface area contributed by atoms with Gasteiger partial charge in [-0.15, -0.1) is 0 Å². The Morgan fingerprint density at radius 1 is 0.383 bits per heavy atom. The molecule has 6 N–H and O–H groups in total. The van der Waals surface area contributed by atoms with Gasteiger partial charge in [-0.3, -0.25) is 28.0 Å². The number of nitrogens with one attached hydrogen (secondary N) is 6. The maximum absolute atomic E-state index is 16.1. The van der Waals surface area contributed by atoms with Crippen LogP contribution in [0.15, 0.2) is 159 Å². The SMILES string of the molecule is Cc1ccc(-c2cc(C)oc2CNC(=O)C2(c3ccc4[nH]cc(C(C)(C)COP(=O)(OCC(C)(C)c5c[nH]c6ccc(C7(C(=O)NCc8oc(C)cc8-c8ccc(C)cc8C)CC7)cc56)OCC(C)(C)c5c[nH]c6ccc(C7(C(=O)NCc8oc(C)cc8-c8ccc(C)cc8C)CC7)cc56)c4c3)CC2)c(C)c1. The largest absolute Gasteiger partial charge is 0.474 e. The number of rotatable bonds is 27. The van der Waals surface area contributed by atoms with Crippen LogP contribution in [0.1, 0.15) is 181 Å². The number of phosphoric ester groups is 1. The summed E-state index contributed by atoms with van der Waals surface area (Å²) in [7, 11) is -4.51. The van der Waals surface area contributed by atoms with Crippen LogP contribution in [0, 0.1) is 62.3 Å². The predicted molar refractivity (Wildman–Crippen MR) is 423 cm³/mol. The third-order valence-corrected chi connectivity index (χ3v) is 24.6. The summed E-state index contributed by atoms with van der Waals surface area (Å²) >= 11 is 0. The molecule has 16 nitrogen and oxygen atoms in total. The van der Waals surface area contributed by atoms with Gasteiger partial charge in [0.2, 0.25) is 17.7 Å². The predicted octanol–water partition coefficient (Wildman–Crippen LogP) is 20.1. The molecule has 0 unspecified atom stereocenters. The Hall–Kier alpha value is -9.70. The van der Waals surface area contributed by atoms with Crippen LogP contribution in [0.4, 0.5) is 0 Å². The number of amides is 3. The Morgan fingerprint density at radius 2 is 0.654 bits per heavy atom. The van der Waals surface area contributed by atoms with Crippen molar-refractivity contribution in [2.45, 2.75) is 195 Å². The van der Waals surface area contributed by atoms with Crippen LogP contribution in [-0.2, 0) is 84.6 Å². The van der Waals surface area contributed by atoms with Crippen molar-refractivity contribution < 1.29 is 45.8 Å². The number of benzene rings is 6. The molecular formula is C90H99N6O10P. The summed E-state index contributed by atoms with van der Waals surface area (Å²) in [6, 6.07) is 43.9. The van der Waals surface area contributed by atoms with Crippen LogP contribution in [0.25, 0.3) is 66.1 Å². The smallest absolute Gasteiger partial charge is 0.464 e. The Kier molecular flexibility index (Phi) is 18.5. The van der Waals surface area contributed by atoms with Crippen molar-refractivity contribution in [1.29, 1.82) is 0 Å². The van der Waals surface area contributed by atoms with Crippen molar-refractivity contribution in [2.75, 3.05) is 19.8 Å². The van der Waals surface area contributed by atoms with E-state index in [-0.39, 0.29) is 57.2 Å². The monoisotopic (exact) mass is 1450 g/mol. The van der Waals surface area contributed by atoms with E-state index < -0.39 is 40.3 Å². The number of phosphoric acid groups is 1. The van der Waals surface area contributed by atoms with Crippen LogP contribution in [0.3, 0.4) is 0 Å². The van der Waals surface area contributed by atoms with E-state index in [0.29, 0.717) is 38.5 Å². The molecule has 3 saturated carbocycles. The first-order chi connectivity index (χ1) is 50.9. The lowest BCUT2D eigenvalue weighted by atomic mass is 9.84. The second-order valence-corrected chi connectivity index (χ2v) is 34.8. The van der Waals surface area contributed by atoms with E-state index in [1.165, 1.54) is 16.7 Å². The van der Waals surface area contributed by atoms with Gasteiger partial charge in [0, 0.05) is 84.2 Å². The summed E-state index contributed by atoms with van der Waals surface area (Å²) in [5.74, 6) is 4.34. The molecule has 3 aliphatic rings. The van der Waals surface area contributed by atoms with E-state index in [2.05, 4.69) is 187 Å². The van der Waals surface area contributed by atoms with Gasteiger partial charge < -0.3 is 44.2 Å². The first-order valence-corrected chi connectivity index (χ1v) is 39.1. The molecule has 0 spiro atoms. The van der Waals surface area contributed by atoms with E-state index in [0.717, 1.165) is 151 Å². The molecule has 6 aromatic heterocycles. The molecule has 6 aromatic carbocycles. The van der Waals surface area contributed by atoms with Gasteiger partial charge >= 0.3 is 7.82 Å². The molecule has 15 rings (SSSR count). The Bertz CT molecular complexity index is 5020. The fraction of sp³-hybridized carbons (Fsp3) is 0.367. The van der Waals surface area contributed by atoms with Crippen molar-refractivity contribution in [1.82, 2.24) is 30.9 Å². The fourth-order valence-electron chi connectivity index (χ4n) is 16.4. The van der Waals surface area contributed by atoms with Gasteiger partial charge in [0.1, 0.15) is 34.6 Å². The van der Waals surface area contributed by atoms with E-state index in [9.17, 15) is 14.4 Å². The van der Waals surface area contributed by atoms with Gasteiger partial charge in [-0.2, -0.15) is 0 Å². The Labute approximate surface area is 626 Å². The molecule has 3 fully saturated rings. The molecule has 12 aromatic rings. The number of H-pyrrole nitrogens is 3. The van der Waals surface area contributed by atoms with Gasteiger partial charge in [-0.05, 0) is 222 Å². The molecule has 3 aliphatic carbocycles. The average molecular weight is 1460 g/mol. The van der Waals surface area contributed by atoms with Crippen molar-refractivity contribution in [2.24, 2.45) is 0 Å². The van der Waals surface area contributed by atoms with E-state index in [1.54, 1.807) is 0 Å².